The van der Waals surface area contributed by atoms with Crippen LogP contribution in [-0.2, 0) is 9.59 Å². The number of hydrogen-bond donors (Lipinski definition) is 2. The van der Waals surface area contributed by atoms with Crippen molar-refractivity contribution in [3.8, 4) is 0 Å². The van der Waals surface area contributed by atoms with Gasteiger partial charge in [-0.2, -0.15) is 0 Å². The lowest BCUT2D eigenvalue weighted by molar-refractivity contribution is -0.137. The van der Waals surface area contributed by atoms with Gasteiger partial charge >= 0.3 is 5.97 Å². The topological polar surface area (TPSA) is 66.4 Å². The highest BCUT2D eigenvalue weighted by Gasteiger charge is 2.12. The maximum Gasteiger partial charge on any atom is 0.305 e. The second-order valence-corrected chi connectivity index (χ2v) is 5.79. The highest BCUT2D eigenvalue weighted by molar-refractivity contribution is 8.00. The third kappa shape index (κ3) is 6.18. The number of halogens is 2. The Morgan fingerprint density at radius 1 is 1.42 bits per heavy atom. The van der Waals surface area contributed by atoms with E-state index in [1.165, 1.54) is 11.8 Å². The van der Waals surface area contributed by atoms with Gasteiger partial charge in [-0.05, 0) is 25.1 Å². The number of aliphatic carboxylic acids is 1. The minimum absolute atomic E-state index is 0.103. The molecule has 1 amide bonds. The number of nitrogens with one attached hydrogen (secondary N) is 1. The zero-order valence-electron chi connectivity index (χ0n) is 10.2. The Bertz CT molecular complexity index is 482. The van der Waals surface area contributed by atoms with Gasteiger partial charge < -0.3 is 10.4 Å². The normalized spacial score (nSPS) is 11.9. The molecule has 19 heavy (non-hydrogen) atoms. The van der Waals surface area contributed by atoms with Crippen LogP contribution in [0.4, 0.5) is 0 Å². The Kier molecular flexibility index (Phi) is 6.48. The Labute approximate surface area is 125 Å². The average molecular weight is 322 g/mol. The van der Waals surface area contributed by atoms with E-state index in [1.54, 1.807) is 25.1 Å². The van der Waals surface area contributed by atoms with E-state index in [0.717, 1.165) is 4.90 Å². The lowest BCUT2D eigenvalue weighted by Crippen LogP contribution is -2.35. The largest absolute Gasteiger partial charge is 0.481 e. The molecule has 1 aromatic rings. The molecule has 0 heterocycles. The molecule has 0 saturated carbocycles. The molecule has 0 spiro atoms. The van der Waals surface area contributed by atoms with Crippen molar-refractivity contribution in [3.05, 3.63) is 28.2 Å². The van der Waals surface area contributed by atoms with Crippen molar-refractivity contribution in [2.75, 3.05) is 5.75 Å². The molecule has 0 fully saturated rings. The standard InChI is InChI=1S/C12H13Cl2NO3S/c1-7(4-12(17)18)15-11(16)6-19-10-5-8(13)2-3-9(10)14/h2-3,5,7H,4,6H2,1H3,(H,15,16)(H,17,18). The van der Waals surface area contributed by atoms with Crippen LogP contribution >= 0.6 is 35.0 Å². The first-order chi connectivity index (χ1) is 8.88. The Morgan fingerprint density at radius 3 is 2.74 bits per heavy atom. The zero-order chi connectivity index (χ0) is 14.4. The van der Waals surface area contributed by atoms with Gasteiger partial charge in [-0.15, -0.1) is 11.8 Å². The van der Waals surface area contributed by atoms with Crippen LogP contribution in [0.2, 0.25) is 10.0 Å². The molecule has 1 aromatic carbocycles. The fourth-order valence-electron chi connectivity index (χ4n) is 1.36. The summed E-state index contributed by atoms with van der Waals surface area (Å²) in [7, 11) is 0. The summed E-state index contributed by atoms with van der Waals surface area (Å²) >= 11 is 13.1. The van der Waals surface area contributed by atoms with Crippen molar-refractivity contribution in [2.24, 2.45) is 0 Å². The van der Waals surface area contributed by atoms with E-state index >= 15 is 0 Å². The number of benzene rings is 1. The Morgan fingerprint density at radius 2 is 2.11 bits per heavy atom. The van der Waals surface area contributed by atoms with Gasteiger partial charge in [0.25, 0.3) is 0 Å². The summed E-state index contributed by atoms with van der Waals surface area (Å²) in [5, 5.41) is 12.3. The molecule has 1 atom stereocenters. The molecule has 2 N–H and O–H groups in total. The fourth-order valence-corrected chi connectivity index (χ4v) is 2.66. The van der Waals surface area contributed by atoms with E-state index in [4.69, 9.17) is 28.3 Å². The number of carboxylic acids is 1. The van der Waals surface area contributed by atoms with Crippen LogP contribution in [-0.4, -0.2) is 28.8 Å². The van der Waals surface area contributed by atoms with Gasteiger partial charge in [0.15, 0.2) is 0 Å². The summed E-state index contributed by atoms with van der Waals surface area (Å²) in [5.74, 6) is -1.03. The summed E-state index contributed by atoms with van der Waals surface area (Å²) in [6.07, 6.45) is -0.103. The SMILES string of the molecule is CC(CC(=O)O)NC(=O)CSc1cc(Cl)ccc1Cl. The predicted octanol–water partition coefficient (Wildman–Crippen LogP) is 3.06. The molecule has 1 rings (SSSR count). The second-order valence-electron chi connectivity index (χ2n) is 3.93. The minimum Gasteiger partial charge on any atom is -0.481 e. The van der Waals surface area contributed by atoms with Crippen LogP contribution in [0.15, 0.2) is 23.1 Å². The minimum atomic E-state index is -0.946. The van der Waals surface area contributed by atoms with E-state index < -0.39 is 12.0 Å². The molecule has 7 heteroatoms. The first kappa shape index (κ1) is 16.1. The van der Waals surface area contributed by atoms with Crippen molar-refractivity contribution in [2.45, 2.75) is 24.3 Å². The molecule has 0 aliphatic heterocycles. The Balaban J connectivity index is 2.46. The zero-order valence-corrected chi connectivity index (χ0v) is 12.5. The van der Waals surface area contributed by atoms with E-state index in [2.05, 4.69) is 5.32 Å². The van der Waals surface area contributed by atoms with Crippen LogP contribution < -0.4 is 5.32 Å². The van der Waals surface area contributed by atoms with Gasteiger partial charge in [0.2, 0.25) is 5.91 Å². The molecule has 0 radical (unpaired) electrons. The molecular formula is C12H13Cl2NO3S. The van der Waals surface area contributed by atoms with Crippen LogP contribution in [0.5, 0.6) is 0 Å². The van der Waals surface area contributed by atoms with Crippen molar-refractivity contribution >= 4 is 46.8 Å². The van der Waals surface area contributed by atoms with Gasteiger partial charge in [-0.3, -0.25) is 9.59 Å². The van der Waals surface area contributed by atoms with Gasteiger partial charge in [0.1, 0.15) is 0 Å². The van der Waals surface area contributed by atoms with Crippen molar-refractivity contribution in [1.82, 2.24) is 5.32 Å². The molecule has 0 bridgehead atoms. The van der Waals surface area contributed by atoms with E-state index in [1.807, 2.05) is 0 Å². The quantitative estimate of drug-likeness (QED) is 0.790. The first-order valence-electron chi connectivity index (χ1n) is 5.47. The van der Waals surface area contributed by atoms with Gasteiger partial charge in [0, 0.05) is 16.0 Å². The van der Waals surface area contributed by atoms with Crippen molar-refractivity contribution < 1.29 is 14.7 Å². The Hall–Kier alpha value is -0.910. The molecular weight excluding hydrogens is 309 g/mol. The number of carbonyl (C=O) groups excluding carboxylic acids is 1. The lowest BCUT2D eigenvalue weighted by atomic mass is 10.2. The van der Waals surface area contributed by atoms with E-state index in [9.17, 15) is 9.59 Å². The first-order valence-corrected chi connectivity index (χ1v) is 7.21. The number of carboxylic acid groups (broad SMARTS) is 1. The number of carbonyl (C=O) groups is 2. The second kappa shape index (κ2) is 7.62. The predicted molar refractivity (Wildman–Crippen MR) is 77.0 cm³/mol. The highest BCUT2D eigenvalue weighted by atomic mass is 35.5. The summed E-state index contributed by atoms with van der Waals surface area (Å²) in [4.78, 5) is 22.8. The molecule has 0 saturated heterocycles. The average Bonchev–Trinajstić information content (AvgIpc) is 2.29. The molecule has 0 aliphatic carbocycles. The molecule has 0 aromatic heterocycles. The number of rotatable bonds is 6. The third-order valence-corrected chi connectivity index (χ3v) is 3.87. The van der Waals surface area contributed by atoms with Crippen LogP contribution in [0.25, 0.3) is 0 Å². The summed E-state index contributed by atoms with van der Waals surface area (Å²) < 4.78 is 0. The van der Waals surface area contributed by atoms with Crippen LogP contribution in [0.3, 0.4) is 0 Å². The third-order valence-electron chi connectivity index (χ3n) is 2.14. The fraction of sp³-hybridized carbons (Fsp3) is 0.333. The van der Waals surface area contributed by atoms with E-state index in [-0.39, 0.29) is 18.1 Å². The van der Waals surface area contributed by atoms with Crippen molar-refractivity contribution in [1.29, 1.82) is 0 Å². The maximum atomic E-state index is 11.6. The van der Waals surface area contributed by atoms with Gasteiger partial charge in [-0.25, -0.2) is 0 Å². The van der Waals surface area contributed by atoms with Crippen LogP contribution in [0, 0.1) is 0 Å². The van der Waals surface area contributed by atoms with E-state index in [0.29, 0.717) is 10.0 Å². The highest BCUT2D eigenvalue weighted by Crippen LogP contribution is 2.29. The lowest BCUT2D eigenvalue weighted by Gasteiger charge is -2.11. The number of thioether (sulfide) groups is 1. The number of hydrogen-bond acceptors (Lipinski definition) is 3. The van der Waals surface area contributed by atoms with Gasteiger partial charge in [-0.1, -0.05) is 23.2 Å². The summed E-state index contributed by atoms with van der Waals surface area (Å²) in [5.41, 5.74) is 0. The van der Waals surface area contributed by atoms with Crippen LogP contribution in [0.1, 0.15) is 13.3 Å². The summed E-state index contributed by atoms with van der Waals surface area (Å²) in [6, 6.07) is 4.61. The molecule has 0 aliphatic rings. The number of amides is 1. The van der Waals surface area contributed by atoms with Crippen molar-refractivity contribution in [3.63, 3.8) is 0 Å². The molecule has 1 unspecified atom stereocenters. The smallest absolute Gasteiger partial charge is 0.305 e. The maximum absolute atomic E-state index is 11.6. The molecule has 104 valence electrons. The summed E-state index contributed by atoms with van der Waals surface area (Å²) in [6.45, 7) is 1.64. The van der Waals surface area contributed by atoms with Gasteiger partial charge in [0.05, 0.1) is 17.2 Å². The molecule has 4 nitrogen and oxygen atoms in total. The monoisotopic (exact) mass is 321 g/mol.